The van der Waals surface area contributed by atoms with Crippen molar-refractivity contribution >= 4 is 17.2 Å². The number of hydrogen-bond donors (Lipinski definition) is 0. The molecule has 134 valence electrons. The van der Waals surface area contributed by atoms with Gasteiger partial charge in [0.15, 0.2) is 5.82 Å². The number of ether oxygens (including phenoxy) is 1. The van der Waals surface area contributed by atoms with Gasteiger partial charge in [0, 0.05) is 11.8 Å². The van der Waals surface area contributed by atoms with Gasteiger partial charge in [0.1, 0.15) is 17.1 Å². The molecule has 4 aromatic rings. The number of aromatic nitrogens is 2. The lowest BCUT2D eigenvalue weighted by molar-refractivity contribution is 0.415. The highest BCUT2D eigenvalue weighted by atomic mass is 16.5. The van der Waals surface area contributed by atoms with Crippen molar-refractivity contribution < 1.29 is 4.74 Å². The molecular formula is C22H20N4O. The van der Waals surface area contributed by atoms with Crippen LogP contribution >= 0.6 is 0 Å². The first-order chi connectivity index (χ1) is 13.2. The first-order valence-electron chi connectivity index (χ1n) is 8.76. The van der Waals surface area contributed by atoms with Gasteiger partial charge in [-0.2, -0.15) is 0 Å². The molecule has 27 heavy (non-hydrogen) atoms. The van der Waals surface area contributed by atoms with E-state index in [4.69, 9.17) is 9.72 Å². The molecule has 0 saturated carbocycles. The van der Waals surface area contributed by atoms with Crippen molar-refractivity contribution in [1.29, 1.82) is 0 Å². The van der Waals surface area contributed by atoms with Crippen LogP contribution in [0.5, 0.6) is 5.75 Å². The molecule has 0 fully saturated rings. The normalized spacial score (nSPS) is 11.4. The summed E-state index contributed by atoms with van der Waals surface area (Å²) >= 11 is 0. The molecular weight excluding hydrogens is 336 g/mol. The van der Waals surface area contributed by atoms with Gasteiger partial charge in [0.05, 0.1) is 12.8 Å². The third kappa shape index (κ3) is 3.31. The van der Waals surface area contributed by atoms with Crippen LogP contribution in [0.4, 0.5) is 11.5 Å². The van der Waals surface area contributed by atoms with Gasteiger partial charge in [0.25, 0.3) is 0 Å². The number of pyridine rings is 1. The Balaban J connectivity index is 1.88. The van der Waals surface area contributed by atoms with Crippen LogP contribution in [0.3, 0.4) is 0 Å². The lowest BCUT2D eigenvalue weighted by atomic mass is 10.1. The van der Waals surface area contributed by atoms with Crippen LogP contribution in [0.25, 0.3) is 16.9 Å². The Bertz CT molecular complexity index is 1140. The van der Waals surface area contributed by atoms with Gasteiger partial charge >= 0.3 is 0 Å². The molecule has 0 aliphatic carbocycles. The van der Waals surface area contributed by atoms with Gasteiger partial charge in [-0.3, -0.25) is 4.40 Å². The number of methoxy groups -OCH3 is 1. The molecule has 0 amide bonds. The Morgan fingerprint density at radius 3 is 2.67 bits per heavy atom. The summed E-state index contributed by atoms with van der Waals surface area (Å²) in [5, 5.41) is 9.10. The van der Waals surface area contributed by atoms with E-state index in [1.165, 1.54) is 0 Å². The zero-order valence-electron chi connectivity index (χ0n) is 15.5. The maximum absolute atomic E-state index is 5.36. The summed E-state index contributed by atoms with van der Waals surface area (Å²) in [6.07, 6.45) is 1.95. The predicted octanol–water partition coefficient (Wildman–Crippen LogP) is 6.04. The average Bonchev–Trinajstić information content (AvgIpc) is 3.07. The molecule has 0 spiro atoms. The van der Waals surface area contributed by atoms with Crippen LogP contribution in [0.1, 0.15) is 11.1 Å². The highest BCUT2D eigenvalue weighted by molar-refractivity contribution is 5.75. The summed E-state index contributed by atoms with van der Waals surface area (Å²) in [6.45, 7) is 4.08. The Labute approximate surface area is 158 Å². The van der Waals surface area contributed by atoms with E-state index in [2.05, 4.69) is 22.4 Å². The fourth-order valence-corrected chi connectivity index (χ4v) is 2.97. The second kappa shape index (κ2) is 7.03. The summed E-state index contributed by atoms with van der Waals surface area (Å²) in [6, 6.07) is 19.9. The van der Waals surface area contributed by atoms with Crippen LogP contribution in [-0.4, -0.2) is 16.5 Å². The highest BCUT2D eigenvalue weighted by Crippen LogP contribution is 2.34. The SMILES string of the molecule is COc1cccc(-c2nc3ccccn3c2N=Nc2cc(C)ccc2C)c1. The van der Waals surface area contributed by atoms with Crippen molar-refractivity contribution in [1.82, 2.24) is 9.38 Å². The molecule has 0 aliphatic heterocycles. The van der Waals surface area contributed by atoms with Gasteiger partial charge in [-0.25, -0.2) is 4.98 Å². The fourth-order valence-electron chi connectivity index (χ4n) is 2.97. The maximum Gasteiger partial charge on any atom is 0.187 e. The van der Waals surface area contributed by atoms with Crippen molar-refractivity contribution in [2.24, 2.45) is 10.2 Å². The number of benzene rings is 2. The average molecular weight is 356 g/mol. The minimum atomic E-state index is 0.694. The van der Waals surface area contributed by atoms with Crippen molar-refractivity contribution in [3.8, 4) is 17.0 Å². The molecule has 4 rings (SSSR count). The zero-order chi connectivity index (χ0) is 18.8. The molecule has 2 heterocycles. The topological polar surface area (TPSA) is 51.2 Å². The van der Waals surface area contributed by atoms with Gasteiger partial charge in [-0.15, -0.1) is 10.2 Å². The quantitative estimate of drug-likeness (QED) is 0.418. The second-order valence-electron chi connectivity index (χ2n) is 6.43. The summed E-state index contributed by atoms with van der Waals surface area (Å²) < 4.78 is 7.31. The third-order valence-corrected chi connectivity index (χ3v) is 4.46. The molecule has 0 unspecified atom stereocenters. The maximum atomic E-state index is 5.36. The van der Waals surface area contributed by atoms with E-state index in [1.54, 1.807) is 7.11 Å². The summed E-state index contributed by atoms with van der Waals surface area (Å²) in [5.41, 5.74) is 5.63. The molecule has 0 radical (unpaired) electrons. The Hall–Kier alpha value is -3.47. The van der Waals surface area contributed by atoms with E-state index in [0.29, 0.717) is 5.82 Å². The summed E-state index contributed by atoms with van der Waals surface area (Å²) in [7, 11) is 1.66. The van der Waals surface area contributed by atoms with Crippen LogP contribution in [0.15, 0.2) is 77.1 Å². The van der Waals surface area contributed by atoms with E-state index in [0.717, 1.165) is 39.5 Å². The molecule has 0 bridgehead atoms. The molecule has 0 atom stereocenters. The first kappa shape index (κ1) is 17.0. The van der Waals surface area contributed by atoms with E-state index in [9.17, 15) is 0 Å². The summed E-state index contributed by atoms with van der Waals surface area (Å²) in [4.78, 5) is 4.76. The summed E-state index contributed by atoms with van der Waals surface area (Å²) in [5.74, 6) is 1.47. The monoisotopic (exact) mass is 356 g/mol. The Kier molecular flexibility index (Phi) is 4.42. The Morgan fingerprint density at radius 1 is 0.926 bits per heavy atom. The molecule has 0 aliphatic rings. The van der Waals surface area contributed by atoms with Gasteiger partial charge in [-0.1, -0.05) is 30.3 Å². The van der Waals surface area contributed by atoms with Crippen molar-refractivity contribution in [2.45, 2.75) is 13.8 Å². The number of fused-ring (bicyclic) bond motifs is 1. The molecule has 5 nitrogen and oxygen atoms in total. The number of nitrogens with zero attached hydrogens (tertiary/aromatic N) is 4. The van der Waals surface area contributed by atoms with Gasteiger partial charge < -0.3 is 4.74 Å². The minimum absolute atomic E-state index is 0.694. The van der Waals surface area contributed by atoms with Crippen LogP contribution in [-0.2, 0) is 0 Å². The minimum Gasteiger partial charge on any atom is -0.497 e. The van der Waals surface area contributed by atoms with Crippen LogP contribution < -0.4 is 4.74 Å². The van der Waals surface area contributed by atoms with E-state index >= 15 is 0 Å². The molecule has 5 heteroatoms. The van der Waals surface area contributed by atoms with E-state index < -0.39 is 0 Å². The molecule has 0 saturated heterocycles. The van der Waals surface area contributed by atoms with Gasteiger partial charge in [0.2, 0.25) is 0 Å². The highest BCUT2D eigenvalue weighted by Gasteiger charge is 2.14. The van der Waals surface area contributed by atoms with E-state index in [-0.39, 0.29) is 0 Å². The molecule has 2 aromatic carbocycles. The second-order valence-corrected chi connectivity index (χ2v) is 6.43. The molecule has 2 aromatic heterocycles. The lowest BCUT2D eigenvalue weighted by Gasteiger charge is -2.04. The van der Waals surface area contributed by atoms with Crippen molar-refractivity contribution in [3.63, 3.8) is 0 Å². The first-order valence-corrected chi connectivity index (χ1v) is 8.76. The fraction of sp³-hybridized carbons (Fsp3) is 0.136. The number of imidazole rings is 1. The number of hydrogen-bond acceptors (Lipinski definition) is 4. The van der Waals surface area contributed by atoms with Crippen molar-refractivity contribution in [3.05, 3.63) is 78.0 Å². The van der Waals surface area contributed by atoms with Crippen LogP contribution in [0.2, 0.25) is 0 Å². The predicted molar refractivity (Wildman–Crippen MR) is 107 cm³/mol. The number of rotatable bonds is 4. The smallest absolute Gasteiger partial charge is 0.187 e. The standard InChI is InChI=1S/C22H20N4O/c1-15-10-11-16(2)19(13-15)24-25-22-21(17-7-6-8-18(14-17)27-3)23-20-9-4-5-12-26(20)22/h4-14H,1-3H3. The Morgan fingerprint density at radius 2 is 1.81 bits per heavy atom. The number of aryl methyl sites for hydroxylation is 2. The largest absolute Gasteiger partial charge is 0.497 e. The van der Waals surface area contributed by atoms with Crippen molar-refractivity contribution in [2.75, 3.05) is 7.11 Å². The number of azo groups is 1. The zero-order valence-corrected chi connectivity index (χ0v) is 15.5. The lowest BCUT2D eigenvalue weighted by Crippen LogP contribution is -1.84. The third-order valence-electron chi connectivity index (χ3n) is 4.46. The molecule has 0 N–H and O–H groups in total. The van der Waals surface area contributed by atoms with Crippen LogP contribution in [0, 0.1) is 13.8 Å². The van der Waals surface area contributed by atoms with E-state index in [1.807, 2.05) is 73.0 Å². The van der Waals surface area contributed by atoms with Gasteiger partial charge in [-0.05, 0) is 55.3 Å².